The number of nitrogens with two attached hydrogens (primary N) is 1. The van der Waals surface area contributed by atoms with Crippen molar-refractivity contribution < 1.29 is 22.7 Å². The molecule has 7 nitrogen and oxygen atoms in total. The molecule has 0 aromatic heterocycles. The van der Waals surface area contributed by atoms with Crippen LogP contribution in [0.3, 0.4) is 0 Å². The zero-order chi connectivity index (χ0) is 16.3. The summed E-state index contributed by atoms with van der Waals surface area (Å²) in [5, 5.41) is 2.90. The maximum Gasteiger partial charge on any atom is 0.340 e. The first kappa shape index (κ1) is 16.6. The minimum Gasteiger partial charge on any atom is -0.452 e. The van der Waals surface area contributed by atoms with Crippen molar-refractivity contribution in [2.75, 3.05) is 23.8 Å². The lowest BCUT2D eigenvalue weighted by Crippen LogP contribution is -2.38. The van der Waals surface area contributed by atoms with Crippen molar-refractivity contribution in [3.8, 4) is 0 Å². The van der Waals surface area contributed by atoms with E-state index in [0.29, 0.717) is 11.4 Å². The summed E-state index contributed by atoms with van der Waals surface area (Å²) in [6.45, 7) is -0.503. The Bertz CT molecular complexity index is 704. The molecule has 0 unspecified atom stereocenters. The van der Waals surface area contributed by atoms with Gasteiger partial charge in [0, 0.05) is 16.8 Å². The molecule has 1 aromatic rings. The third-order valence-corrected chi connectivity index (χ3v) is 5.17. The highest BCUT2D eigenvalue weighted by atomic mass is 35.5. The Morgan fingerprint density at radius 3 is 2.73 bits per heavy atom. The smallest absolute Gasteiger partial charge is 0.340 e. The number of carbonyl (C=O) groups excluding carboxylic acids is 2. The van der Waals surface area contributed by atoms with E-state index in [-0.39, 0.29) is 22.8 Å². The molecule has 0 aliphatic carbocycles. The van der Waals surface area contributed by atoms with Crippen LogP contribution in [0.2, 0.25) is 5.02 Å². The highest BCUT2D eigenvalue weighted by Crippen LogP contribution is 2.18. The molecule has 0 bridgehead atoms. The van der Waals surface area contributed by atoms with Crippen LogP contribution < -0.4 is 11.1 Å². The molecule has 1 saturated heterocycles. The lowest BCUT2D eigenvalue weighted by Gasteiger charge is -2.11. The largest absolute Gasteiger partial charge is 0.452 e. The van der Waals surface area contributed by atoms with Crippen LogP contribution in [0.15, 0.2) is 18.2 Å². The molecule has 0 saturated carbocycles. The van der Waals surface area contributed by atoms with Gasteiger partial charge in [0.25, 0.3) is 5.91 Å². The van der Waals surface area contributed by atoms with Crippen LogP contribution >= 0.6 is 11.6 Å². The molecule has 2 rings (SSSR count). The summed E-state index contributed by atoms with van der Waals surface area (Å²) in [4.78, 5) is 23.4. The average molecular weight is 347 g/mol. The number of rotatable bonds is 4. The summed E-state index contributed by atoms with van der Waals surface area (Å²) in [6, 6.07) is 3.86. The molecule has 0 radical (unpaired) electrons. The first-order chi connectivity index (χ1) is 10.3. The van der Waals surface area contributed by atoms with Crippen LogP contribution in [0.5, 0.6) is 0 Å². The van der Waals surface area contributed by atoms with Crippen molar-refractivity contribution in [1.82, 2.24) is 5.32 Å². The standard InChI is InChI=1S/C13H15ClN2O5S/c14-8-1-2-10(11(15)5-8)13(18)21-6-12(17)16-9-3-4-22(19,20)7-9/h1-2,5,9H,3-4,6-7,15H2,(H,16,17)/t9-/m0/s1. The number of hydrogen-bond donors (Lipinski definition) is 2. The molecule has 1 aromatic carbocycles. The van der Waals surface area contributed by atoms with Crippen molar-refractivity contribution in [3.05, 3.63) is 28.8 Å². The number of nitrogens with one attached hydrogen (secondary N) is 1. The van der Waals surface area contributed by atoms with Crippen molar-refractivity contribution in [2.24, 2.45) is 0 Å². The Balaban J connectivity index is 1.84. The summed E-state index contributed by atoms with van der Waals surface area (Å²) in [6.07, 6.45) is 0.367. The predicted octanol–water partition coefficient (Wildman–Crippen LogP) is 0.382. The molecule has 120 valence electrons. The van der Waals surface area contributed by atoms with E-state index in [1.54, 1.807) is 0 Å². The van der Waals surface area contributed by atoms with Gasteiger partial charge >= 0.3 is 5.97 Å². The Morgan fingerprint density at radius 1 is 1.41 bits per heavy atom. The normalized spacial score (nSPS) is 19.6. The predicted molar refractivity (Wildman–Crippen MR) is 81.3 cm³/mol. The molecule has 1 heterocycles. The fourth-order valence-electron chi connectivity index (χ4n) is 2.11. The van der Waals surface area contributed by atoms with Gasteiger partial charge in [-0.1, -0.05) is 11.6 Å². The second kappa shape index (κ2) is 6.53. The Morgan fingerprint density at radius 2 is 2.14 bits per heavy atom. The van der Waals surface area contributed by atoms with Gasteiger partial charge in [0.2, 0.25) is 0 Å². The van der Waals surface area contributed by atoms with Gasteiger partial charge in [-0.25, -0.2) is 13.2 Å². The van der Waals surface area contributed by atoms with Gasteiger partial charge in [-0.05, 0) is 24.6 Å². The molecular formula is C13H15ClN2O5S. The summed E-state index contributed by atoms with van der Waals surface area (Å²) < 4.78 is 27.4. The number of nitrogen functional groups attached to an aromatic ring is 1. The minimum atomic E-state index is -3.08. The van der Waals surface area contributed by atoms with E-state index in [1.165, 1.54) is 18.2 Å². The van der Waals surface area contributed by atoms with E-state index >= 15 is 0 Å². The topological polar surface area (TPSA) is 116 Å². The molecule has 0 spiro atoms. The van der Waals surface area contributed by atoms with Crippen LogP contribution in [-0.4, -0.2) is 44.4 Å². The van der Waals surface area contributed by atoms with Gasteiger partial charge in [0.05, 0.1) is 17.1 Å². The van der Waals surface area contributed by atoms with Crippen LogP contribution in [0.25, 0.3) is 0 Å². The number of halogens is 1. The van der Waals surface area contributed by atoms with Gasteiger partial charge < -0.3 is 15.8 Å². The average Bonchev–Trinajstić information content (AvgIpc) is 2.75. The third kappa shape index (κ3) is 4.35. The van der Waals surface area contributed by atoms with Crippen LogP contribution in [0.1, 0.15) is 16.8 Å². The van der Waals surface area contributed by atoms with Crippen LogP contribution in [0, 0.1) is 0 Å². The van der Waals surface area contributed by atoms with E-state index in [1.807, 2.05) is 0 Å². The third-order valence-electron chi connectivity index (χ3n) is 3.17. The molecule has 1 amide bonds. The van der Waals surface area contributed by atoms with Gasteiger partial charge in [-0.2, -0.15) is 0 Å². The maximum absolute atomic E-state index is 11.8. The SMILES string of the molecule is Nc1cc(Cl)ccc1C(=O)OCC(=O)N[C@H]1CCS(=O)(=O)C1. The maximum atomic E-state index is 11.8. The summed E-state index contributed by atoms with van der Waals surface area (Å²) in [5.41, 5.74) is 5.90. The van der Waals surface area contributed by atoms with E-state index in [2.05, 4.69) is 5.32 Å². The lowest BCUT2D eigenvalue weighted by atomic mass is 10.2. The number of carbonyl (C=O) groups is 2. The highest BCUT2D eigenvalue weighted by molar-refractivity contribution is 7.91. The van der Waals surface area contributed by atoms with E-state index < -0.39 is 34.4 Å². The van der Waals surface area contributed by atoms with Crippen molar-refractivity contribution in [2.45, 2.75) is 12.5 Å². The second-order valence-electron chi connectivity index (χ2n) is 4.98. The van der Waals surface area contributed by atoms with Crippen LogP contribution in [-0.2, 0) is 19.4 Å². The molecule has 1 atom stereocenters. The molecule has 1 fully saturated rings. The Labute approximate surface area is 132 Å². The molecular weight excluding hydrogens is 332 g/mol. The number of esters is 1. The van der Waals surface area contributed by atoms with Crippen molar-refractivity contribution in [3.63, 3.8) is 0 Å². The number of sulfone groups is 1. The fraction of sp³-hybridized carbons (Fsp3) is 0.385. The minimum absolute atomic E-state index is 0.0546. The Hall–Kier alpha value is -1.80. The Kier molecular flexibility index (Phi) is 4.92. The van der Waals surface area contributed by atoms with E-state index in [4.69, 9.17) is 22.1 Å². The molecule has 3 N–H and O–H groups in total. The van der Waals surface area contributed by atoms with Crippen molar-refractivity contribution >= 4 is 39.0 Å². The van der Waals surface area contributed by atoms with Crippen LogP contribution in [0.4, 0.5) is 5.69 Å². The molecule has 22 heavy (non-hydrogen) atoms. The van der Waals surface area contributed by atoms with Gasteiger partial charge in [-0.3, -0.25) is 4.79 Å². The van der Waals surface area contributed by atoms with Gasteiger partial charge in [-0.15, -0.1) is 0 Å². The molecule has 9 heteroatoms. The number of anilines is 1. The van der Waals surface area contributed by atoms with E-state index in [0.717, 1.165) is 0 Å². The molecule has 1 aliphatic rings. The first-order valence-electron chi connectivity index (χ1n) is 6.49. The van der Waals surface area contributed by atoms with Crippen molar-refractivity contribution in [1.29, 1.82) is 0 Å². The fourth-order valence-corrected chi connectivity index (χ4v) is 3.96. The summed E-state index contributed by atoms with van der Waals surface area (Å²) in [5.74, 6) is -1.33. The zero-order valence-electron chi connectivity index (χ0n) is 11.5. The lowest BCUT2D eigenvalue weighted by molar-refractivity contribution is -0.124. The summed E-state index contributed by atoms with van der Waals surface area (Å²) >= 11 is 5.72. The second-order valence-corrected chi connectivity index (χ2v) is 7.64. The van der Waals surface area contributed by atoms with Gasteiger partial charge in [0.1, 0.15) is 0 Å². The number of ether oxygens (including phenoxy) is 1. The first-order valence-corrected chi connectivity index (χ1v) is 8.69. The highest BCUT2D eigenvalue weighted by Gasteiger charge is 2.29. The number of benzene rings is 1. The monoisotopic (exact) mass is 346 g/mol. The van der Waals surface area contributed by atoms with Gasteiger partial charge in [0.15, 0.2) is 16.4 Å². The number of hydrogen-bond acceptors (Lipinski definition) is 6. The summed E-state index contributed by atoms with van der Waals surface area (Å²) in [7, 11) is -3.08. The molecule has 1 aliphatic heterocycles. The quantitative estimate of drug-likeness (QED) is 0.601. The zero-order valence-corrected chi connectivity index (χ0v) is 13.1. The number of amides is 1. The van der Waals surface area contributed by atoms with E-state index in [9.17, 15) is 18.0 Å².